The highest BCUT2D eigenvalue weighted by Crippen LogP contribution is 2.37. The molecular formula is C12H15N3O3. The van der Waals surface area contributed by atoms with Crippen LogP contribution in [0.3, 0.4) is 0 Å². The highest BCUT2D eigenvalue weighted by molar-refractivity contribution is 5.54. The lowest BCUT2D eigenvalue weighted by Gasteiger charge is -2.08. The molecule has 0 saturated carbocycles. The lowest BCUT2D eigenvalue weighted by Crippen LogP contribution is -1.99. The number of rotatable bonds is 4. The van der Waals surface area contributed by atoms with Gasteiger partial charge in [0.25, 0.3) is 0 Å². The third-order valence-corrected chi connectivity index (χ3v) is 2.65. The maximum Gasteiger partial charge on any atom is 0.200 e. The molecule has 4 N–H and O–H groups in total. The molecule has 2 rings (SSSR count). The molecular weight excluding hydrogens is 234 g/mol. The molecule has 0 spiro atoms. The molecule has 0 saturated heterocycles. The summed E-state index contributed by atoms with van der Waals surface area (Å²) in [6, 6.07) is 2.88. The first-order chi connectivity index (χ1) is 8.61. The molecule has 0 amide bonds. The number of aromatic nitrogens is 2. The number of anilines is 1. The fourth-order valence-corrected chi connectivity index (χ4v) is 1.58. The van der Waals surface area contributed by atoms with E-state index in [0.29, 0.717) is 12.1 Å². The Morgan fingerprint density at radius 3 is 2.67 bits per heavy atom. The van der Waals surface area contributed by atoms with E-state index in [-0.39, 0.29) is 11.5 Å². The summed E-state index contributed by atoms with van der Waals surface area (Å²) in [5.41, 5.74) is 1.32. The third-order valence-electron chi connectivity index (χ3n) is 2.65. The van der Waals surface area contributed by atoms with Gasteiger partial charge in [-0.2, -0.15) is 5.10 Å². The average Bonchev–Trinajstić information content (AvgIpc) is 2.83. The van der Waals surface area contributed by atoms with E-state index in [2.05, 4.69) is 10.4 Å². The number of nitrogens with one attached hydrogen (secondary N) is 1. The standard InChI is InChI=1S/C12H15N3O3/c1-2-15-7-9(6-14-15)13-5-8-3-4-10(16)12(18)11(8)17/h3-4,6-7,13,16-18H,2,5H2,1H3. The first-order valence-electron chi connectivity index (χ1n) is 5.61. The molecule has 1 aromatic carbocycles. The zero-order valence-corrected chi connectivity index (χ0v) is 9.96. The van der Waals surface area contributed by atoms with Crippen LogP contribution in [0.4, 0.5) is 5.69 Å². The number of hydrogen-bond donors (Lipinski definition) is 4. The lowest BCUT2D eigenvalue weighted by atomic mass is 10.1. The molecule has 0 aliphatic heterocycles. The van der Waals surface area contributed by atoms with Crippen molar-refractivity contribution in [2.45, 2.75) is 20.0 Å². The van der Waals surface area contributed by atoms with Crippen molar-refractivity contribution in [1.82, 2.24) is 9.78 Å². The van der Waals surface area contributed by atoms with Crippen molar-refractivity contribution in [2.75, 3.05) is 5.32 Å². The Balaban J connectivity index is 2.08. The van der Waals surface area contributed by atoms with E-state index in [9.17, 15) is 15.3 Å². The second kappa shape index (κ2) is 4.87. The summed E-state index contributed by atoms with van der Waals surface area (Å²) in [5, 5.41) is 35.4. The van der Waals surface area contributed by atoms with Crippen LogP contribution in [0.2, 0.25) is 0 Å². The number of benzene rings is 1. The molecule has 1 aromatic heterocycles. The van der Waals surface area contributed by atoms with Crippen LogP contribution >= 0.6 is 0 Å². The summed E-state index contributed by atoms with van der Waals surface area (Å²) in [6.45, 7) is 3.10. The van der Waals surface area contributed by atoms with Gasteiger partial charge in [-0.15, -0.1) is 0 Å². The number of aryl methyl sites for hydroxylation is 1. The summed E-state index contributed by atoms with van der Waals surface area (Å²) in [6.07, 6.45) is 3.53. The highest BCUT2D eigenvalue weighted by Gasteiger charge is 2.10. The van der Waals surface area contributed by atoms with Gasteiger partial charge < -0.3 is 20.6 Å². The van der Waals surface area contributed by atoms with Crippen molar-refractivity contribution in [3.8, 4) is 17.2 Å². The number of phenolic OH excluding ortho intramolecular Hbond substituents is 3. The predicted octanol–water partition coefficient (Wildman–Crippen LogP) is 1.63. The van der Waals surface area contributed by atoms with Crippen molar-refractivity contribution in [3.05, 3.63) is 30.1 Å². The van der Waals surface area contributed by atoms with Crippen LogP contribution in [-0.4, -0.2) is 25.1 Å². The van der Waals surface area contributed by atoms with Crippen LogP contribution in [0, 0.1) is 0 Å². The molecule has 0 bridgehead atoms. The van der Waals surface area contributed by atoms with Gasteiger partial charge in [0.2, 0.25) is 5.75 Å². The van der Waals surface area contributed by atoms with Crippen molar-refractivity contribution in [2.24, 2.45) is 0 Å². The first-order valence-corrected chi connectivity index (χ1v) is 5.61. The average molecular weight is 249 g/mol. The minimum absolute atomic E-state index is 0.314. The van der Waals surface area contributed by atoms with E-state index in [4.69, 9.17) is 0 Å². The number of aromatic hydroxyl groups is 3. The minimum Gasteiger partial charge on any atom is -0.504 e. The molecule has 0 atom stereocenters. The number of nitrogens with zero attached hydrogens (tertiary/aromatic N) is 2. The maximum atomic E-state index is 9.64. The van der Waals surface area contributed by atoms with Gasteiger partial charge in [0.1, 0.15) is 0 Å². The molecule has 0 radical (unpaired) electrons. The quantitative estimate of drug-likeness (QED) is 0.618. The Hall–Kier alpha value is -2.37. The topological polar surface area (TPSA) is 90.5 Å². The molecule has 2 aromatic rings. The second-order valence-corrected chi connectivity index (χ2v) is 3.88. The van der Waals surface area contributed by atoms with Gasteiger partial charge in [-0.3, -0.25) is 4.68 Å². The minimum atomic E-state index is -0.501. The summed E-state index contributed by atoms with van der Waals surface area (Å²) in [7, 11) is 0. The van der Waals surface area contributed by atoms with Crippen molar-refractivity contribution >= 4 is 5.69 Å². The molecule has 6 nitrogen and oxygen atoms in total. The molecule has 1 heterocycles. The Labute approximate surface area is 104 Å². The fraction of sp³-hybridized carbons (Fsp3) is 0.250. The molecule has 0 aliphatic rings. The molecule has 6 heteroatoms. The summed E-state index contributed by atoms with van der Waals surface area (Å²) >= 11 is 0. The third kappa shape index (κ3) is 2.32. The van der Waals surface area contributed by atoms with E-state index in [1.54, 1.807) is 16.9 Å². The zero-order valence-electron chi connectivity index (χ0n) is 9.96. The largest absolute Gasteiger partial charge is 0.504 e. The molecule has 96 valence electrons. The van der Waals surface area contributed by atoms with Gasteiger partial charge in [0, 0.05) is 24.8 Å². The van der Waals surface area contributed by atoms with E-state index in [0.717, 1.165) is 12.2 Å². The van der Waals surface area contributed by atoms with Crippen LogP contribution in [-0.2, 0) is 13.1 Å². The van der Waals surface area contributed by atoms with Crippen LogP contribution in [0.1, 0.15) is 12.5 Å². The normalized spacial score (nSPS) is 10.5. The Morgan fingerprint density at radius 1 is 1.22 bits per heavy atom. The lowest BCUT2D eigenvalue weighted by molar-refractivity contribution is 0.365. The van der Waals surface area contributed by atoms with Crippen LogP contribution in [0.25, 0.3) is 0 Å². The zero-order chi connectivity index (χ0) is 13.1. The molecule has 18 heavy (non-hydrogen) atoms. The first kappa shape index (κ1) is 12.1. The van der Waals surface area contributed by atoms with Gasteiger partial charge in [0.05, 0.1) is 11.9 Å². The van der Waals surface area contributed by atoms with Gasteiger partial charge in [-0.1, -0.05) is 0 Å². The summed E-state index contributed by atoms with van der Waals surface area (Å²) < 4.78 is 1.77. The van der Waals surface area contributed by atoms with E-state index < -0.39 is 5.75 Å². The highest BCUT2D eigenvalue weighted by atomic mass is 16.3. The Morgan fingerprint density at radius 2 is 2.00 bits per heavy atom. The number of hydrogen-bond acceptors (Lipinski definition) is 5. The Kier molecular flexibility index (Phi) is 3.27. The fourth-order valence-electron chi connectivity index (χ4n) is 1.58. The summed E-state index contributed by atoms with van der Waals surface area (Å²) in [5.74, 6) is -1.15. The number of phenols is 3. The van der Waals surface area contributed by atoms with Gasteiger partial charge in [0.15, 0.2) is 11.5 Å². The van der Waals surface area contributed by atoms with Crippen molar-refractivity contribution < 1.29 is 15.3 Å². The smallest absolute Gasteiger partial charge is 0.200 e. The predicted molar refractivity (Wildman–Crippen MR) is 66.7 cm³/mol. The van der Waals surface area contributed by atoms with Crippen LogP contribution < -0.4 is 5.32 Å². The van der Waals surface area contributed by atoms with E-state index in [1.807, 2.05) is 13.1 Å². The molecule has 0 unspecified atom stereocenters. The Bertz CT molecular complexity index is 551. The van der Waals surface area contributed by atoms with Gasteiger partial charge in [-0.25, -0.2) is 0 Å². The molecule has 0 fully saturated rings. The van der Waals surface area contributed by atoms with Gasteiger partial charge >= 0.3 is 0 Å². The van der Waals surface area contributed by atoms with E-state index in [1.165, 1.54) is 6.07 Å². The maximum absolute atomic E-state index is 9.64. The van der Waals surface area contributed by atoms with Gasteiger partial charge in [-0.05, 0) is 19.1 Å². The van der Waals surface area contributed by atoms with Crippen molar-refractivity contribution in [1.29, 1.82) is 0 Å². The van der Waals surface area contributed by atoms with Crippen LogP contribution in [0.5, 0.6) is 17.2 Å². The van der Waals surface area contributed by atoms with E-state index >= 15 is 0 Å². The van der Waals surface area contributed by atoms with Crippen LogP contribution in [0.15, 0.2) is 24.5 Å². The second-order valence-electron chi connectivity index (χ2n) is 3.88. The SMILES string of the molecule is CCn1cc(NCc2ccc(O)c(O)c2O)cn1. The summed E-state index contributed by atoms with van der Waals surface area (Å²) in [4.78, 5) is 0. The van der Waals surface area contributed by atoms with Crippen molar-refractivity contribution in [3.63, 3.8) is 0 Å². The monoisotopic (exact) mass is 249 g/mol. The molecule has 0 aliphatic carbocycles.